The molecule has 1 aliphatic rings. The molecule has 4 heteroatoms. The monoisotopic (exact) mass is 236 g/mol. The van der Waals surface area contributed by atoms with Gasteiger partial charge in [0.1, 0.15) is 0 Å². The van der Waals surface area contributed by atoms with Gasteiger partial charge in [-0.3, -0.25) is 0 Å². The van der Waals surface area contributed by atoms with E-state index in [1.807, 2.05) is 6.20 Å². The highest BCUT2D eigenvalue weighted by molar-refractivity contribution is 5.05. The summed E-state index contributed by atoms with van der Waals surface area (Å²) in [7, 11) is 0. The van der Waals surface area contributed by atoms with Crippen molar-refractivity contribution in [3.63, 3.8) is 0 Å². The van der Waals surface area contributed by atoms with E-state index in [1.165, 1.54) is 31.4 Å². The Morgan fingerprint density at radius 3 is 2.82 bits per heavy atom. The van der Waals surface area contributed by atoms with Crippen LogP contribution in [0.25, 0.3) is 0 Å². The van der Waals surface area contributed by atoms with Gasteiger partial charge in [-0.1, -0.05) is 31.9 Å². The summed E-state index contributed by atoms with van der Waals surface area (Å²) in [5, 5.41) is 11.9. The van der Waals surface area contributed by atoms with Crippen LogP contribution in [0.2, 0.25) is 0 Å². The maximum Gasteiger partial charge on any atom is 0.0759 e. The second-order valence-electron chi connectivity index (χ2n) is 4.96. The van der Waals surface area contributed by atoms with Gasteiger partial charge in [0.05, 0.1) is 17.9 Å². The van der Waals surface area contributed by atoms with Crippen LogP contribution in [0.3, 0.4) is 0 Å². The van der Waals surface area contributed by atoms with Crippen molar-refractivity contribution in [2.75, 3.05) is 6.54 Å². The van der Waals surface area contributed by atoms with Gasteiger partial charge in [0, 0.05) is 6.54 Å². The summed E-state index contributed by atoms with van der Waals surface area (Å²) in [5.41, 5.74) is 1.28. The molecule has 0 amide bonds. The molecule has 2 rings (SSSR count). The van der Waals surface area contributed by atoms with E-state index in [2.05, 4.69) is 34.2 Å². The van der Waals surface area contributed by atoms with E-state index in [9.17, 15) is 0 Å². The van der Waals surface area contributed by atoms with Crippen LogP contribution in [-0.2, 0) is 6.54 Å². The Morgan fingerprint density at radius 1 is 1.41 bits per heavy atom. The molecule has 1 aliphatic carbocycles. The molecule has 0 bridgehead atoms. The third-order valence-electron chi connectivity index (χ3n) is 3.70. The molecule has 1 N–H and O–H groups in total. The van der Waals surface area contributed by atoms with Crippen LogP contribution in [0.5, 0.6) is 0 Å². The normalized spacial score (nSPS) is 18.7. The van der Waals surface area contributed by atoms with Crippen LogP contribution in [0.15, 0.2) is 6.20 Å². The van der Waals surface area contributed by atoms with Crippen LogP contribution in [0.4, 0.5) is 0 Å². The van der Waals surface area contributed by atoms with Gasteiger partial charge in [-0.05, 0) is 31.7 Å². The van der Waals surface area contributed by atoms with Gasteiger partial charge in [0.2, 0.25) is 0 Å². The Hall–Kier alpha value is -0.900. The quantitative estimate of drug-likeness (QED) is 0.825. The number of nitrogens with one attached hydrogen (secondary N) is 1. The van der Waals surface area contributed by atoms with E-state index < -0.39 is 0 Å². The summed E-state index contributed by atoms with van der Waals surface area (Å²) < 4.78 is 2.08. The molecular formula is C13H24N4. The van der Waals surface area contributed by atoms with Crippen LogP contribution in [0, 0.1) is 5.92 Å². The fraction of sp³-hybridized carbons (Fsp3) is 0.846. The number of aromatic nitrogens is 3. The summed E-state index contributed by atoms with van der Waals surface area (Å²) in [6.45, 7) is 6.35. The molecule has 0 saturated heterocycles. The van der Waals surface area contributed by atoms with Crippen molar-refractivity contribution in [2.24, 2.45) is 5.92 Å². The van der Waals surface area contributed by atoms with E-state index in [1.54, 1.807) is 0 Å². The molecule has 1 heterocycles. The van der Waals surface area contributed by atoms with Gasteiger partial charge in [-0.25, -0.2) is 4.68 Å². The van der Waals surface area contributed by atoms with Gasteiger partial charge in [-0.2, -0.15) is 0 Å². The zero-order valence-corrected chi connectivity index (χ0v) is 11.0. The molecule has 1 fully saturated rings. The van der Waals surface area contributed by atoms with Gasteiger partial charge in [0.15, 0.2) is 0 Å². The standard InChI is InChI=1S/C13H24N4/c1-3-9-17-12(10-15-16-17)13(14-4-2)11-7-5-6-8-11/h10-11,13-14H,3-9H2,1-2H3. The fourth-order valence-corrected chi connectivity index (χ4v) is 2.92. The Kier molecular flexibility index (Phi) is 4.54. The van der Waals surface area contributed by atoms with Crippen molar-refractivity contribution >= 4 is 0 Å². The lowest BCUT2D eigenvalue weighted by atomic mass is 9.95. The van der Waals surface area contributed by atoms with Crippen molar-refractivity contribution in [1.29, 1.82) is 0 Å². The van der Waals surface area contributed by atoms with Gasteiger partial charge < -0.3 is 5.32 Å². The maximum atomic E-state index is 4.21. The van der Waals surface area contributed by atoms with Crippen molar-refractivity contribution in [3.05, 3.63) is 11.9 Å². The average molecular weight is 236 g/mol. The molecule has 96 valence electrons. The lowest BCUT2D eigenvalue weighted by Crippen LogP contribution is -2.29. The first-order valence-corrected chi connectivity index (χ1v) is 6.98. The topological polar surface area (TPSA) is 42.7 Å². The van der Waals surface area contributed by atoms with Crippen LogP contribution < -0.4 is 5.32 Å². The summed E-state index contributed by atoms with van der Waals surface area (Å²) in [6.07, 6.45) is 8.49. The largest absolute Gasteiger partial charge is 0.309 e. The van der Waals surface area contributed by atoms with Crippen LogP contribution in [-0.4, -0.2) is 21.5 Å². The third kappa shape index (κ3) is 2.86. The molecule has 0 aromatic carbocycles. The van der Waals surface area contributed by atoms with Crippen LogP contribution in [0.1, 0.15) is 57.7 Å². The Labute approximate surface area is 104 Å². The van der Waals surface area contributed by atoms with Crippen molar-refractivity contribution in [2.45, 2.75) is 58.5 Å². The predicted molar refractivity (Wildman–Crippen MR) is 68.7 cm³/mol. The molecule has 0 aliphatic heterocycles. The van der Waals surface area contributed by atoms with Gasteiger partial charge in [0.25, 0.3) is 0 Å². The van der Waals surface area contributed by atoms with Gasteiger partial charge >= 0.3 is 0 Å². The first-order valence-electron chi connectivity index (χ1n) is 6.98. The molecule has 1 aromatic heterocycles. The predicted octanol–water partition coefficient (Wildman–Crippen LogP) is 2.53. The number of nitrogens with zero attached hydrogens (tertiary/aromatic N) is 3. The zero-order valence-electron chi connectivity index (χ0n) is 11.0. The molecule has 1 aromatic rings. The Morgan fingerprint density at radius 2 is 2.18 bits per heavy atom. The summed E-state index contributed by atoms with van der Waals surface area (Å²) in [6, 6.07) is 0.448. The molecule has 1 unspecified atom stereocenters. The second-order valence-corrected chi connectivity index (χ2v) is 4.96. The minimum absolute atomic E-state index is 0.448. The molecule has 1 atom stereocenters. The lowest BCUT2D eigenvalue weighted by Gasteiger charge is -2.24. The minimum atomic E-state index is 0.448. The average Bonchev–Trinajstić information content (AvgIpc) is 2.97. The number of aryl methyl sites for hydroxylation is 1. The van der Waals surface area contributed by atoms with E-state index in [-0.39, 0.29) is 0 Å². The molecule has 1 saturated carbocycles. The highest BCUT2D eigenvalue weighted by Gasteiger charge is 2.28. The molecule has 0 spiro atoms. The number of hydrogen-bond acceptors (Lipinski definition) is 3. The summed E-state index contributed by atoms with van der Waals surface area (Å²) >= 11 is 0. The molecule has 4 nitrogen and oxygen atoms in total. The Bertz CT molecular complexity index is 328. The lowest BCUT2D eigenvalue weighted by molar-refractivity contribution is 0.349. The smallest absolute Gasteiger partial charge is 0.0759 e. The van der Waals surface area contributed by atoms with E-state index in [4.69, 9.17) is 0 Å². The summed E-state index contributed by atoms with van der Waals surface area (Å²) in [5.74, 6) is 0.768. The number of hydrogen-bond donors (Lipinski definition) is 1. The van der Waals surface area contributed by atoms with Gasteiger partial charge in [-0.15, -0.1) is 5.10 Å². The first kappa shape index (κ1) is 12.6. The zero-order chi connectivity index (χ0) is 12.1. The van der Waals surface area contributed by atoms with Crippen molar-refractivity contribution < 1.29 is 0 Å². The van der Waals surface area contributed by atoms with Crippen LogP contribution >= 0.6 is 0 Å². The second kappa shape index (κ2) is 6.15. The molecule has 0 radical (unpaired) electrons. The van der Waals surface area contributed by atoms with E-state index >= 15 is 0 Å². The molecule has 17 heavy (non-hydrogen) atoms. The third-order valence-corrected chi connectivity index (χ3v) is 3.70. The molecular weight excluding hydrogens is 212 g/mol. The van der Waals surface area contributed by atoms with Crippen molar-refractivity contribution in [1.82, 2.24) is 20.3 Å². The Balaban J connectivity index is 2.15. The number of rotatable bonds is 6. The maximum absolute atomic E-state index is 4.21. The first-order chi connectivity index (χ1) is 8.36. The SMILES string of the molecule is CCCn1nncc1C(NCC)C1CCCC1. The minimum Gasteiger partial charge on any atom is -0.309 e. The highest BCUT2D eigenvalue weighted by Crippen LogP contribution is 2.35. The fourth-order valence-electron chi connectivity index (χ4n) is 2.92. The van der Waals surface area contributed by atoms with Crippen molar-refractivity contribution in [3.8, 4) is 0 Å². The highest BCUT2D eigenvalue weighted by atomic mass is 15.4. The summed E-state index contributed by atoms with van der Waals surface area (Å²) in [4.78, 5) is 0. The van der Waals surface area contributed by atoms with E-state index in [0.29, 0.717) is 6.04 Å². The van der Waals surface area contributed by atoms with E-state index in [0.717, 1.165) is 25.4 Å².